The minimum absolute atomic E-state index is 0. The van der Waals surface area contributed by atoms with E-state index in [0.29, 0.717) is 13.1 Å². The van der Waals surface area contributed by atoms with Crippen molar-refractivity contribution < 1.29 is 44.6 Å². The Kier molecular flexibility index (Phi) is 6.32. The molecule has 0 aromatic rings. The van der Waals surface area contributed by atoms with E-state index in [-0.39, 0.29) is 42.6 Å². The normalized spacial score (nSPS) is 16.8. The van der Waals surface area contributed by atoms with E-state index in [2.05, 4.69) is 11.3 Å². The number of carboxylic acids is 1. The molecule has 0 saturated carbocycles. The third-order valence-electron chi connectivity index (χ3n) is 1.72. The Labute approximate surface area is 98.7 Å². The smallest absolute Gasteiger partial charge is 0.525 e. The maximum absolute atomic E-state index is 10.6. The van der Waals surface area contributed by atoms with Crippen molar-refractivity contribution in [2.24, 2.45) is 4.99 Å². The zero-order valence-electron chi connectivity index (χ0n) is 7.60. The summed E-state index contributed by atoms with van der Waals surface area (Å²) in [5.74, 6) is -0.936. The number of aliphatic carboxylic acids is 1. The van der Waals surface area contributed by atoms with E-state index in [1.807, 2.05) is 0 Å². The van der Waals surface area contributed by atoms with Gasteiger partial charge >= 0.3 is 35.5 Å². The average molecular weight is 194 g/mol. The van der Waals surface area contributed by atoms with E-state index >= 15 is 0 Å². The Morgan fingerprint density at radius 3 is 2.77 bits per heavy atom. The van der Waals surface area contributed by atoms with Crippen LogP contribution in [0.4, 0.5) is 0 Å². The number of aliphatic imine (C=N–C) groups is 1. The Morgan fingerprint density at radius 2 is 2.38 bits per heavy atom. The Hall–Kier alpha value is -0.100. The molecule has 1 unspecified atom stereocenters. The van der Waals surface area contributed by atoms with Gasteiger partial charge in [-0.1, -0.05) is 0 Å². The van der Waals surface area contributed by atoms with Crippen molar-refractivity contribution in [3.63, 3.8) is 0 Å². The van der Waals surface area contributed by atoms with Gasteiger partial charge in [0.15, 0.2) is 0 Å². The summed E-state index contributed by atoms with van der Waals surface area (Å²) in [6.07, 6.45) is 2.81. The van der Waals surface area contributed by atoms with Gasteiger partial charge in [-0.05, 0) is 6.42 Å². The van der Waals surface area contributed by atoms with Gasteiger partial charge in [0.2, 0.25) is 0 Å². The number of hydrogen-bond acceptors (Lipinski definition) is 4. The molecule has 0 aromatic heterocycles. The first-order valence-electron chi connectivity index (χ1n) is 3.78. The predicted octanol–water partition coefficient (Wildman–Crippen LogP) is -3.95. The van der Waals surface area contributed by atoms with Crippen LogP contribution in [0.2, 0.25) is 0 Å². The summed E-state index contributed by atoms with van der Waals surface area (Å²) >= 11 is 0. The van der Waals surface area contributed by atoms with Gasteiger partial charge in [0.05, 0.1) is 0 Å². The van der Waals surface area contributed by atoms with Crippen LogP contribution in [0, 0.1) is 0 Å². The number of carbonyl (C=O) groups is 1. The fourth-order valence-corrected chi connectivity index (χ4v) is 1.11. The van der Waals surface area contributed by atoms with Gasteiger partial charge in [0, 0.05) is 19.7 Å². The second-order valence-electron chi connectivity index (χ2n) is 2.54. The first kappa shape index (κ1) is 12.9. The molecule has 0 saturated heterocycles. The molecule has 1 aliphatic heterocycles. The molecule has 0 spiro atoms. The summed E-state index contributed by atoms with van der Waals surface area (Å²) in [6, 6.07) is -0.679. The number of hydrogen-bond donors (Lipinski definition) is 2. The molecule has 0 aliphatic carbocycles. The van der Waals surface area contributed by atoms with E-state index in [0.717, 1.165) is 0 Å². The first-order chi connectivity index (χ1) is 5.75. The SMILES string of the molecule is O=C(O)C(CCO)N1[C-]=NCC1.[Na+]. The van der Waals surface area contributed by atoms with Crippen molar-refractivity contribution in [1.82, 2.24) is 4.90 Å². The van der Waals surface area contributed by atoms with Crippen LogP contribution in [0.3, 0.4) is 0 Å². The number of nitrogens with zero attached hydrogens (tertiary/aromatic N) is 2. The minimum atomic E-state index is -0.936. The van der Waals surface area contributed by atoms with E-state index in [1.54, 1.807) is 0 Å². The summed E-state index contributed by atoms with van der Waals surface area (Å²) in [5.41, 5.74) is 0. The third kappa shape index (κ3) is 3.64. The molecule has 6 heteroatoms. The van der Waals surface area contributed by atoms with Gasteiger partial charge in [-0.15, -0.1) is 0 Å². The van der Waals surface area contributed by atoms with Crippen LogP contribution < -0.4 is 29.6 Å². The first-order valence-corrected chi connectivity index (χ1v) is 3.78. The maximum atomic E-state index is 10.6. The zero-order chi connectivity index (χ0) is 8.97. The molecule has 1 rings (SSSR count). The fraction of sp³-hybridized carbons (Fsp3) is 0.714. The van der Waals surface area contributed by atoms with Gasteiger partial charge in [-0.25, -0.2) is 0 Å². The quantitative estimate of drug-likeness (QED) is 0.354. The van der Waals surface area contributed by atoms with Crippen LogP contribution in [0.15, 0.2) is 4.99 Å². The summed E-state index contributed by atoms with van der Waals surface area (Å²) in [4.78, 5) is 15.9. The van der Waals surface area contributed by atoms with Crippen LogP contribution in [0.25, 0.3) is 0 Å². The Bertz CT molecular complexity index is 198. The van der Waals surface area contributed by atoms with E-state index in [9.17, 15) is 4.79 Å². The summed E-state index contributed by atoms with van der Waals surface area (Å²) in [5, 5.41) is 17.3. The second-order valence-corrected chi connectivity index (χ2v) is 2.54. The molecular formula is C7H11N2NaO3. The predicted molar refractivity (Wildman–Crippen MR) is 42.1 cm³/mol. The summed E-state index contributed by atoms with van der Waals surface area (Å²) < 4.78 is 0. The molecule has 0 aromatic carbocycles. The molecule has 0 fully saturated rings. The maximum Gasteiger partial charge on any atom is 1.00 e. The van der Waals surface area contributed by atoms with Gasteiger partial charge in [0.1, 0.15) is 6.04 Å². The second kappa shape index (κ2) is 6.37. The molecule has 5 nitrogen and oxygen atoms in total. The van der Waals surface area contributed by atoms with Crippen LogP contribution in [0.5, 0.6) is 0 Å². The van der Waals surface area contributed by atoms with Gasteiger partial charge in [-0.2, -0.15) is 0 Å². The van der Waals surface area contributed by atoms with Crippen molar-refractivity contribution in [2.75, 3.05) is 19.7 Å². The van der Waals surface area contributed by atoms with Crippen LogP contribution in [-0.4, -0.2) is 53.2 Å². The Morgan fingerprint density at radius 1 is 1.69 bits per heavy atom. The van der Waals surface area contributed by atoms with Crippen molar-refractivity contribution in [3.8, 4) is 0 Å². The summed E-state index contributed by atoms with van der Waals surface area (Å²) in [6.45, 7) is 1.04. The number of carboxylic acid groups (broad SMARTS) is 1. The Balaban J connectivity index is 0.00000144. The molecular weight excluding hydrogens is 183 g/mol. The molecule has 2 N–H and O–H groups in total. The molecule has 1 heterocycles. The average Bonchev–Trinajstić information content (AvgIpc) is 2.51. The van der Waals surface area contributed by atoms with Gasteiger partial charge in [-0.3, -0.25) is 11.1 Å². The standard InChI is InChI=1S/C7H11N2O3.Na/c10-4-1-6(7(11)12)9-3-2-8-5-9;/h6,10H,1-4H2,(H,11,12);/q-1;+1. The van der Waals surface area contributed by atoms with E-state index in [1.165, 1.54) is 4.90 Å². The van der Waals surface area contributed by atoms with Crippen LogP contribution >= 0.6 is 0 Å². The number of aliphatic hydroxyl groups excluding tert-OH is 1. The third-order valence-corrected chi connectivity index (χ3v) is 1.72. The minimum Gasteiger partial charge on any atom is -0.525 e. The van der Waals surface area contributed by atoms with Crippen molar-refractivity contribution in [2.45, 2.75) is 12.5 Å². The molecule has 0 amide bonds. The number of rotatable bonds is 4. The molecule has 0 radical (unpaired) electrons. The molecule has 13 heavy (non-hydrogen) atoms. The van der Waals surface area contributed by atoms with Gasteiger partial charge in [0.25, 0.3) is 0 Å². The van der Waals surface area contributed by atoms with E-state index in [4.69, 9.17) is 10.2 Å². The summed E-state index contributed by atoms with van der Waals surface area (Å²) in [7, 11) is 0. The van der Waals surface area contributed by atoms with Crippen LogP contribution in [-0.2, 0) is 4.79 Å². The molecule has 68 valence electrons. The molecule has 1 atom stereocenters. The van der Waals surface area contributed by atoms with Gasteiger partial charge < -0.3 is 20.1 Å². The monoisotopic (exact) mass is 194 g/mol. The van der Waals surface area contributed by atoms with Crippen molar-refractivity contribution in [3.05, 3.63) is 0 Å². The molecule has 0 bridgehead atoms. The zero-order valence-corrected chi connectivity index (χ0v) is 9.60. The van der Waals surface area contributed by atoms with Crippen LogP contribution in [0.1, 0.15) is 6.42 Å². The molecule has 1 aliphatic rings. The topological polar surface area (TPSA) is 73.1 Å². The largest absolute Gasteiger partial charge is 1.00 e. The van der Waals surface area contributed by atoms with Crippen molar-refractivity contribution in [1.29, 1.82) is 0 Å². The van der Waals surface area contributed by atoms with E-state index < -0.39 is 12.0 Å². The fourth-order valence-electron chi connectivity index (χ4n) is 1.11. The number of aliphatic hydroxyl groups is 1. The van der Waals surface area contributed by atoms with Crippen molar-refractivity contribution >= 4 is 12.3 Å².